The maximum atomic E-state index is 12.2. The van der Waals surface area contributed by atoms with E-state index in [0.29, 0.717) is 30.8 Å². The second-order valence-corrected chi connectivity index (χ2v) is 7.16. The summed E-state index contributed by atoms with van der Waals surface area (Å²) in [6.07, 6.45) is 2.30. The number of aryl methyl sites for hydroxylation is 1. The molecule has 1 saturated heterocycles. The predicted octanol–water partition coefficient (Wildman–Crippen LogP) is 4.10. The molecule has 0 spiro atoms. The third kappa shape index (κ3) is 3.83. The molecular formula is C23H24N2O4. The summed E-state index contributed by atoms with van der Waals surface area (Å²) < 4.78 is 10.8. The number of rotatable bonds is 6. The van der Waals surface area contributed by atoms with Gasteiger partial charge >= 0.3 is 5.63 Å². The normalized spacial score (nSPS) is 13.9. The van der Waals surface area contributed by atoms with E-state index in [0.717, 1.165) is 40.7 Å². The summed E-state index contributed by atoms with van der Waals surface area (Å²) in [6.45, 7) is 3.23. The molecule has 6 heteroatoms. The van der Waals surface area contributed by atoms with Crippen molar-refractivity contribution >= 4 is 28.3 Å². The number of nitrogens with one attached hydrogen (secondary N) is 1. The number of hydrogen-bond acceptors (Lipinski definition) is 5. The lowest BCUT2D eigenvalue weighted by Crippen LogP contribution is -2.24. The first-order valence-electron chi connectivity index (χ1n) is 9.87. The first kappa shape index (κ1) is 19.1. The molecule has 29 heavy (non-hydrogen) atoms. The Morgan fingerprint density at radius 1 is 1.14 bits per heavy atom. The van der Waals surface area contributed by atoms with Crippen LogP contribution in [0.3, 0.4) is 0 Å². The number of amides is 1. The van der Waals surface area contributed by atoms with Gasteiger partial charge in [-0.15, -0.1) is 0 Å². The molecule has 4 rings (SSSR count). The number of fused-ring (bicyclic) bond motifs is 1. The first-order valence-corrected chi connectivity index (χ1v) is 9.87. The van der Waals surface area contributed by atoms with E-state index in [-0.39, 0.29) is 11.5 Å². The minimum Gasteiger partial charge on any atom is -0.495 e. The second kappa shape index (κ2) is 7.99. The third-order valence-corrected chi connectivity index (χ3v) is 5.33. The van der Waals surface area contributed by atoms with Crippen LogP contribution < -0.4 is 20.6 Å². The highest BCUT2D eigenvalue weighted by molar-refractivity contribution is 5.97. The number of anilines is 2. The number of carbonyl (C=O) groups is 1. The van der Waals surface area contributed by atoms with Crippen LogP contribution in [0.25, 0.3) is 11.0 Å². The Morgan fingerprint density at radius 2 is 2.00 bits per heavy atom. The zero-order valence-corrected chi connectivity index (χ0v) is 16.7. The van der Waals surface area contributed by atoms with E-state index in [1.54, 1.807) is 12.0 Å². The molecule has 6 nitrogen and oxygen atoms in total. The predicted molar refractivity (Wildman–Crippen MR) is 114 cm³/mol. The zero-order valence-electron chi connectivity index (χ0n) is 16.7. The van der Waals surface area contributed by atoms with Gasteiger partial charge in [0.2, 0.25) is 5.91 Å². The molecule has 1 N–H and O–H groups in total. The SMILES string of the molecule is CCc1ccc2c(CNc3ccc(OC)c(N4CCCC4=O)c3)cc(=O)oc2c1. The summed E-state index contributed by atoms with van der Waals surface area (Å²) in [6, 6.07) is 13.2. The molecular weight excluding hydrogens is 368 g/mol. The van der Waals surface area contributed by atoms with Gasteiger partial charge in [0.05, 0.1) is 12.8 Å². The summed E-state index contributed by atoms with van der Waals surface area (Å²) in [5, 5.41) is 4.28. The molecule has 1 aromatic heterocycles. The summed E-state index contributed by atoms with van der Waals surface area (Å²) in [4.78, 5) is 25.9. The van der Waals surface area contributed by atoms with Crippen LogP contribution in [0.15, 0.2) is 51.7 Å². The molecule has 1 fully saturated rings. The number of benzene rings is 2. The third-order valence-electron chi connectivity index (χ3n) is 5.33. The maximum absolute atomic E-state index is 12.2. The highest BCUT2D eigenvalue weighted by Crippen LogP contribution is 2.34. The average molecular weight is 392 g/mol. The Labute approximate surface area is 169 Å². The monoisotopic (exact) mass is 392 g/mol. The van der Waals surface area contributed by atoms with Crippen molar-refractivity contribution in [2.75, 3.05) is 23.9 Å². The highest BCUT2D eigenvalue weighted by atomic mass is 16.5. The molecule has 1 aliphatic rings. The minimum atomic E-state index is -0.361. The van der Waals surface area contributed by atoms with Gasteiger partial charge < -0.3 is 19.4 Å². The van der Waals surface area contributed by atoms with Crippen LogP contribution in [0.4, 0.5) is 11.4 Å². The van der Waals surface area contributed by atoms with Crippen molar-refractivity contribution in [1.29, 1.82) is 0 Å². The van der Waals surface area contributed by atoms with Crippen molar-refractivity contribution < 1.29 is 13.9 Å². The lowest BCUT2D eigenvalue weighted by molar-refractivity contribution is -0.117. The van der Waals surface area contributed by atoms with Crippen LogP contribution in [0.2, 0.25) is 0 Å². The summed E-state index contributed by atoms with van der Waals surface area (Å²) in [5.41, 5.74) is 3.86. The Balaban J connectivity index is 1.62. The highest BCUT2D eigenvalue weighted by Gasteiger charge is 2.24. The van der Waals surface area contributed by atoms with Crippen molar-refractivity contribution in [1.82, 2.24) is 0 Å². The topological polar surface area (TPSA) is 71.8 Å². The molecule has 1 aliphatic heterocycles. The van der Waals surface area contributed by atoms with E-state index < -0.39 is 0 Å². The van der Waals surface area contributed by atoms with E-state index in [2.05, 4.69) is 18.3 Å². The molecule has 1 amide bonds. The van der Waals surface area contributed by atoms with Gasteiger partial charge in [-0.3, -0.25) is 4.79 Å². The lowest BCUT2D eigenvalue weighted by atomic mass is 10.1. The quantitative estimate of drug-likeness (QED) is 0.640. The number of carbonyl (C=O) groups excluding carboxylic acids is 1. The van der Waals surface area contributed by atoms with Gasteiger partial charge in [0.1, 0.15) is 11.3 Å². The van der Waals surface area contributed by atoms with Gasteiger partial charge in [0.25, 0.3) is 0 Å². The number of methoxy groups -OCH3 is 1. The van der Waals surface area contributed by atoms with Crippen LogP contribution in [0.5, 0.6) is 5.75 Å². The fourth-order valence-corrected chi connectivity index (χ4v) is 3.75. The molecule has 0 radical (unpaired) electrons. The number of ether oxygens (including phenoxy) is 1. The van der Waals surface area contributed by atoms with Crippen molar-refractivity contribution in [2.45, 2.75) is 32.7 Å². The molecule has 0 saturated carbocycles. The first-order chi connectivity index (χ1) is 14.1. The van der Waals surface area contributed by atoms with Crippen LogP contribution in [0.1, 0.15) is 30.9 Å². The van der Waals surface area contributed by atoms with Crippen LogP contribution in [-0.2, 0) is 17.8 Å². The molecule has 3 aromatic rings. The van der Waals surface area contributed by atoms with Gasteiger partial charge in [-0.1, -0.05) is 19.1 Å². The zero-order chi connectivity index (χ0) is 20.4. The van der Waals surface area contributed by atoms with E-state index in [9.17, 15) is 9.59 Å². The van der Waals surface area contributed by atoms with E-state index in [1.807, 2.05) is 30.3 Å². The Morgan fingerprint density at radius 3 is 2.72 bits per heavy atom. The Kier molecular flexibility index (Phi) is 5.25. The molecule has 0 unspecified atom stereocenters. The van der Waals surface area contributed by atoms with Crippen molar-refractivity contribution in [3.05, 3.63) is 64.0 Å². The van der Waals surface area contributed by atoms with Crippen LogP contribution in [-0.4, -0.2) is 19.6 Å². The smallest absolute Gasteiger partial charge is 0.336 e. The van der Waals surface area contributed by atoms with Gasteiger partial charge in [-0.25, -0.2) is 4.79 Å². The van der Waals surface area contributed by atoms with Gasteiger partial charge in [0.15, 0.2) is 0 Å². The fraction of sp³-hybridized carbons (Fsp3) is 0.304. The summed E-state index contributed by atoms with van der Waals surface area (Å²) in [5.74, 6) is 0.780. The van der Waals surface area contributed by atoms with E-state index in [1.165, 1.54) is 6.07 Å². The summed E-state index contributed by atoms with van der Waals surface area (Å²) >= 11 is 0. The minimum absolute atomic E-state index is 0.110. The van der Waals surface area contributed by atoms with Gasteiger partial charge in [0, 0.05) is 36.7 Å². The fourth-order valence-electron chi connectivity index (χ4n) is 3.75. The van der Waals surface area contributed by atoms with Crippen molar-refractivity contribution in [3.8, 4) is 5.75 Å². The molecule has 0 aliphatic carbocycles. The molecule has 150 valence electrons. The van der Waals surface area contributed by atoms with Crippen LogP contribution >= 0.6 is 0 Å². The Bertz CT molecular complexity index is 1120. The van der Waals surface area contributed by atoms with Crippen LogP contribution in [0, 0.1) is 0 Å². The lowest BCUT2D eigenvalue weighted by Gasteiger charge is -2.20. The number of hydrogen-bond donors (Lipinski definition) is 1. The standard InChI is InChI=1S/C23H24N2O4/c1-3-15-6-8-18-16(12-23(27)29-21(18)11-15)14-24-17-7-9-20(28-2)19(13-17)25-10-4-5-22(25)26/h6-9,11-13,24H,3-5,10,14H2,1-2H3. The van der Waals surface area contributed by atoms with Gasteiger partial charge in [-0.2, -0.15) is 0 Å². The molecule has 0 bridgehead atoms. The largest absolute Gasteiger partial charge is 0.495 e. The van der Waals surface area contributed by atoms with Crippen molar-refractivity contribution in [2.24, 2.45) is 0 Å². The van der Waals surface area contributed by atoms with E-state index >= 15 is 0 Å². The second-order valence-electron chi connectivity index (χ2n) is 7.16. The van der Waals surface area contributed by atoms with Gasteiger partial charge in [-0.05, 0) is 48.2 Å². The summed E-state index contributed by atoms with van der Waals surface area (Å²) in [7, 11) is 1.60. The van der Waals surface area contributed by atoms with Crippen molar-refractivity contribution in [3.63, 3.8) is 0 Å². The average Bonchev–Trinajstić information content (AvgIpc) is 3.16. The van der Waals surface area contributed by atoms with E-state index in [4.69, 9.17) is 9.15 Å². The molecule has 0 atom stereocenters. The number of nitrogens with zero attached hydrogens (tertiary/aromatic N) is 1. The Hall–Kier alpha value is -3.28. The molecule has 2 heterocycles. The maximum Gasteiger partial charge on any atom is 0.336 e. The molecule has 2 aromatic carbocycles.